The molecule has 0 atom stereocenters. The summed E-state index contributed by atoms with van der Waals surface area (Å²) in [5.41, 5.74) is 0.527. The molecule has 0 unspecified atom stereocenters. The number of hydrogen-bond acceptors (Lipinski definition) is 3. The van der Waals surface area contributed by atoms with Gasteiger partial charge < -0.3 is 14.8 Å². The van der Waals surface area contributed by atoms with E-state index in [4.69, 9.17) is 9.47 Å². The Kier molecular flexibility index (Phi) is 6.06. The second kappa shape index (κ2) is 7.34. The molecule has 4 heteroatoms. The fourth-order valence-electron chi connectivity index (χ4n) is 2.37. The van der Waals surface area contributed by atoms with Crippen LogP contribution in [0.25, 0.3) is 0 Å². The summed E-state index contributed by atoms with van der Waals surface area (Å²) in [4.78, 5) is 12.3. The summed E-state index contributed by atoms with van der Waals surface area (Å²) in [6.07, 6.45) is 1.70. The average molecular weight is 293 g/mol. The Morgan fingerprint density at radius 1 is 1.14 bits per heavy atom. The zero-order valence-electron chi connectivity index (χ0n) is 13.9. The Labute approximate surface area is 127 Å². The number of carbonyl (C=O) groups is 1. The number of rotatable bonds is 7. The molecule has 0 radical (unpaired) electrons. The Balaban J connectivity index is 2.99. The van der Waals surface area contributed by atoms with Crippen LogP contribution in [0.4, 0.5) is 0 Å². The van der Waals surface area contributed by atoms with E-state index in [2.05, 4.69) is 5.32 Å². The highest BCUT2D eigenvalue weighted by Gasteiger charge is 2.26. The van der Waals surface area contributed by atoms with E-state index in [0.29, 0.717) is 11.5 Å². The van der Waals surface area contributed by atoms with Crippen molar-refractivity contribution in [2.24, 2.45) is 5.92 Å². The minimum Gasteiger partial charge on any atom is -0.493 e. The van der Waals surface area contributed by atoms with Crippen LogP contribution in [0.2, 0.25) is 0 Å². The molecule has 1 amide bonds. The average Bonchev–Trinajstić information content (AvgIpc) is 2.47. The Morgan fingerprint density at radius 3 is 2.19 bits per heavy atom. The molecule has 21 heavy (non-hydrogen) atoms. The summed E-state index contributed by atoms with van der Waals surface area (Å²) in [5.74, 6) is 1.51. The van der Waals surface area contributed by atoms with Crippen molar-refractivity contribution >= 4 is 5.91 Å². The molecule has 0 fully saturated rings. The van der Waals surface area contributed by atoms with E-state index in [1.54, 1.807) is 14.2 Å². The molecule has 118 valence electrons. The topological polar surface area (TPSA) is 47.6 Å². The van der Waals surface area contributed by atoms with Gasteiger partial charge in [0.25, 0.3) is 0 Å². The number of amides is 1. The molecule has 4 nitrogen and oxygen atoms in total. The van der Waals surface area contributed by atoms with Gasteiger partial charge in [-0.15, -0.1) is 0 Å². The van der Waals surface area contributed by atoms with Crippen molar-refractivity contribution in [2.45, 2.75) is 46.1 Å². The van der Waals surface area contributed by atoms with Gasteiger partial charge in [0.15, 0.2) is 11.5 Å². The molecule has 0 spiro atoms. The fourth-order valence-corrected chi connectivity index (χ4v) is 2.37. The van der Waals surface area contributed by atoms with Crippen LogP contribution in [-0.4, -0.2) is 20.1 Å². The lowest BCUT2D eigenvalue weighted by Crippen LogP contribution is -2.43. The Bertz CT molecular complexity index is 479. The van der Waals surface area contributed by atoms with E-state index >= 15 is 0 Å². The molecule has 0 aliphatic rings. The predicted molar refractivity (Wildman–Crippen MR) is 84.8 cm³/mol. The number of carbonyl (C=O) groups excluding carboxylic acids is 1. The summed E-state index contributed by atoms with van der Waals surface area (Å²) in [7, 11) is 3.22. The molecule has 1 aromatic carbocycles. The fraction of sp³-hybridized carbons (Fsp3) is 0.588. The molecule has 0 bridgehead atoms. The molecule has 0 heterocycles. The maximum Gasteiger partial charge on any atom is 0.223 e. The highest BCUT2D eigenvalue weighted by molar-refractivity contribution is 5.79. The first-order valence-electron chi connectivity index (χ1n) is 7.44. The lowest BCUT2D eigenvalue weighted by molar-refractivity contribution is -0.126. The lowest BCUT2D eigenvalue weighted by Gasteiger charge is -2.29. The van der Waals surface area contributed by atoms with Crippen LogP contribution >= 0.6 is 0 Å². The minimum atomic E-state index is -0.459. The highest BCUT2D eigenvalue weighted by Crippen LogP contribution is 2.32. The van der Waals surface area contributed by atoms with Crippen molar-refractivity contribution in [1.82, 2.24) is 5.32 Å². The smallest absolute Gasteiger partial charge is 0.223 e. The second-order valence-electron chi connectivity index (χ2n) is 5.70. The SMILES string of the molecule is CCC(CC)C(=O)NC(C)(C)c1ccc(OC)c(OC)c1. The molecule has 0 aromatic heterocycles. The Morgan fingerprint density at radius 2 is 1.71 bits per heavy atom. The third kappa shape index (κ3) is 4.13. The van der Waals surface area contributed by atoms with Crippen LogP contribution in [0.1, 0.15) is 46.1 Å². The molecule has 1 aromatic rings. The van der Waals surface area contributed by atoms with Crippen LogP contribution in [0.3, 0.4) is 0 Å². The van der Waals surface area contributed by atoms with Gasteiger partial charge in [-0.1, -0.05) is 19.9 Å². The van der Waals surface area contributed by atoms with E-state index in [0.717, 1.165) is 18.4 Å². The molecule has 0 aliphatic carbocycles. The number of hydrogen-bond donors (Lipinski definition) is 1. The maximum atomic E-state index is 12.3. The summed E-state index contributed by atoms with van der Waals surface area (Å²) >= 11 is 0. The van der Waals surface area contributed by atoms with E-state index in [1.807, 2.05) is 45.9 Å². The molecule has 1 rings (SSSR count). The van der Waals surface area contributed by atoms with Crippen LogP contribution in [0.5, 0.6) is 11.5 Å². The third-order valence-electron chi connectivity index (χ3n) is 3.90. The molecule has 1 N–H and O–H groups in total. The van der Waals surface area contributed by atoms with Gasteiger partial charge in [-0.05, 0) is 44.4 Å². The standard InChI is InChI=1S/C17H27NO3/c1-7-12(8-2)16(19)18-17(3,4)13-9-10-14(20-5)15(11-13)21-6/h9-12H,7-8H2,1-6H3,(H,18,19). The second-order valence-corrected chi connectivity index (χ2v) is 5.70. The van der Waals surface area contributed by atoms with Gasteiger partial charge in [-0.2, -0.15) is 0 Å². The zero-order chi connectivity index (χ0) is 16.0. The van der Waals surface area contributed by atoms with Gasteiger partial charge in [-0.3, -0.25) is 4.79 Å². The van der Waals surface area contributed by atoms with E-state index in [-0.39, 0.29) is 11.8 Å². The number of nitrogens with one attached hydrogen (secondary N) is 1. The molecule has 0 saturated heterocycles. The summed E-state index contributed by atoms with van der Waals surface area (Å²) in [6.45, 7) is 8.07. The monoisotopic (exact) mass is 293 g/mol. The Hall–Kier alpha value is -1.71. The van der Waals surface area contributed by atoms with Crippen LogP contribution < -0.4 is 14.8 Å². The van der Waals surface area contributed by atoms with E-state index in [9.17, 15) is 4.79 Å². The highest BCUT2D eigenvalue weighted by atomic mass is 16.5. The van der Waals surface area contributed by atoms with Crippen molar-refractivity contribution in [3.8, 4) is 11.5 Å². The summed E-state index contributed by atoms with van der Waals surface area (Å²) < 4.78 is 10.6. The van der Waals surface area contributed by atoms with Crippen molar-refractivity contribution in [2.75, 3.05) is 14.2 Å². The third-order valence-corrected chi connectivity index (χ3v) is 3.90. The normalized spacial score (nSPS) is 11.4. The van der Waals surface area contributed by atoms with Crippen LogP contribution in [0.15, 0.2) is 18.2 Å². The van der Waals surface area contributed by atoms with Gasteiger partial charge in [0.2, 0.25) is 5.91 Å². The van der Waals surface area contributed by atoms with Crippen molar-refractivity contribution in [3.63, 3.8) is 0 Å². The van der Waals surface area contributed by atoms with Crippen LogP contribution in [-0.2, 0) is 10.3 Å². The molecular formula is C17H27NO3. The number of ether oxygens (including phenoxy) is 2. The summed E-state index contributed by atoms with van der Waals surface area (Å²) in [6, 6.07) is 5.72. The predicted octanol–water partition coefficient (Wildman–Crippen LogP) is 3.49. The largest absolute Gasteiger partial charge is 0.493 e. The van der Waals surface area contributed by atoms with E-state index < -0.39 is 5.54 Å². The zero-order valence-corrected chi connectivity index (χ0v) is 13.9. The lowest BCUT2D eigenvalue weighted by atomic mass is 9.92. The first kappa shape index (κ1) is 17.3. The first-order chi connectivity index (χ1) is 9.89. The molecule has 0 saturated carbocycles. The summed E-state index contributed by atoms with van der Waals surface area (Å²) in [5, 5.41) is 3.13. The van der Waals surface area contributed by atoms with Crippen molar-refractivity contribution < 1.29 is 14.3 Å². The van der Waals surface area contributed by atoms with Gasteiger partial charge in [0.1, 0.15) is 0 Å². The minimum absolute atomic E-state index is 0.0596. The maximum absolute atomic E-state index is 12.3. The molecule has 0 aliphatic heterocycles. The van der Waals surface area contributed by atoms with E-state index in [1.165, 1.54) is 0 Å². The van der Waals surface area contributed by atoms with Crippen molar-refractivity contribution in [3.05, 3.63) is 23.8 Å². The first-order valence-corrected chi connectivity index (χ1v) is 7.44. The van der Waals surface area contributed by atoms with Gasteiger partial charge in [0.05, 0.1) is 19.8 Å². The van der Waals surface area contributed by atoms with Crippen LogP contribution in [0, 0.1) is 5.92 Å². The quantitative estimate of drug-likeness (QED) is 0.837. The van der Waals surface area contributed by atoms with Gasteiger partial charge in [0, 0.05) is 5.92 Å². The molecular weight excluding hydrogens is 266 g/mol. The number of benzene rings is 1. The van der Waals surface area contributed by atoms with Crippen molar-refractivity contribution in [1.29, 1.82) is 0 Å². The van der Waals surface area contributed by atoms with Gasteiger partial charge >= 0.3 is 0 Å². The van der Waals surface area contributed by atoms with Gasteiger partial charge in [-0.25, -0.2) is 0 Å². The number of methoxy groups -OCH3 is 2.